The summed E-state index contributed by atoms with van der Waals surface area (Å²) in [7, 11) is 0. The predicted molar refractivity (Wildman–Crippen MR) is 65.4 cm³/mol. The molecule has 0 aliphatic carbocycles. The number of aliphatic carboxylic acids is 1. The molecule has 0 unspecified atom stereocenters. The van der Waals surface area contributed by atoms with E-state index in [0.29, 0.717) is 25.5 Å². The number of amides is 1. The smallest absolute Gasteiger partial charge is 0.323 e. The lowest BCUT2D eigenvalue weighted by Gasteiger charge is -2.07. The van der Waals surface area contributed by atoms with Crippen molar-refractivity contribution < 1.29 is 19.4 Å². The molecule has 2 N–H and O–H groups in total. The SMILES string of the molecule is C=CCOCCNC(=O)c1cccn1CC(=O)O. The van der Waals surface area contributed by atoms with Gasteiger partial charge in [0.15, 0.2) is 0 Å². The van der Waals surface area contributed by atoms with E-state index >= 15 is 0 Å². The number of hydrogen-bond acceptors (Lipinski definition) is 3. The molecule has 0 saturated heterocycles. The maximum Gasteiger partial charge on any atom is 0.323 e. The van der Waals surface area contributed by atoms with Crippen LogP contribution in [0.25, 0.3) is 0 Å². The molecule has 6 heteroatoms. The van der Waals surface area contributed by atoms with Gasteiger partial charge in [0.2, 0.25) is 0 Å². The second-order valence-electron chi connectivity index (χ2n) is 3.53. The molecule has 0 spiro atoms. The summed E-state index contributed by atoms with van der Waals surface area (Å²) in [5.74, 6) is -1.31. The van der Waals surface area contributed by atoms with Gasteiger partial charge in [0, 0.05) is 12.7 Å². The molecule has 0 saturated carbocycles. The van der Waals surface area contributed by atoms with E-state index in [1.54, 1.807) is 24.4 Å². The third kappa shape index (κ3) is 4.42. The number of hydrogen-bond donors (Lipinski definition) is 2. The highest BCUT2D eigenvalue weighted by Crippen LogP contribution is 2.02. The summed E-state index contributed by atoms with van der Waals surface area (Å²) in [4.78, 5) is 22.3. The fourth-order valence-electron chi connectivity index (χ4n) is 1.40. The third-order valence-electron chi connectivity index (χ3n) is 2.14. The van der Waals surface area contributed by atoms with E-state index in [1.807, 2.05) is 0 Å². The minimum Gasteiger partial charge on any atom is -0.480 e. The van der Waals surface area contributed by atoms with E-state index in [-0.39, 0.29) is 12.5 Å². The molecule has 1 aromatic heterocycles. The highest BCUT2D eigenvalue weighted by atomic mass is 16.5. The number of carboxylic acid groups (broad SMARTS) is 1. The first kappa shape index (κ1) is 14.0. The average Bonchev–Trinajstić information content (AvgIpc) is 2.76. The van der Waals surface area contributed by atoms with E-state index in [4.69, 9.17) is 9.84 Å². The third-order valence-corrected chi connectivity index (χ3v) is 2.14. The van der Waals surface area contributed by atoms with Gasteiger partial charge in [0.25, 0.3) is 5.91 Å². The summed E-state index contributed by atoms with van der Waals surface area (Å²) in [5.41, 5.74) is 0.320. The number of aromatic nitrogens is 1. The quantitative estimate of drug-likeness (QED) is 0.521. The Morgan fingerprint density at radius 2 is 2.33 bits per heavy atom. The topological polar surface area (TPSA) is 80.6 Å². The molecule has 6 nitrogen and oxygen atoms in total. The normalized spacial score (nSPS) is 10.0. The maximum absolute atomic E-state index is 11.7. The number of carboxylic acids is 1. The molecule has 1 rings (SSSR count). The van der Waals surface area contributed by atoms with Gasteiger partial charge < -0.3 is 19.7 Å². The average molecular weight is 252 g/mol. The van der Waals surface area contributed by atoms with Gasteiger partial charge in [-0.3, -0.25) is 9.59 Å². The van der Waals surface area contributed by atoms with E-state index in [0.717, 1.165) is 0 Å². The van der Waals surface area contributed by atoms with Crippen LogP contribution in [-0.2, 0) is 16.1 Å². The van der Waals surface area contributed by atoms with Crippen molar-refractivity contribution in [1.29, 1.82) is 0 Å². The van der Waals surface area contributed by atoms with Crippen molar-refractivity contribution in [3.8, 4) is 0 Å². The van der Waals surface area contributed by atoms with Gasteiger partial charge in [-0.2, -0.15) is 0 Å². The molecule has 18 heavy (non-hydrogen) atoms. The molecule has 0 aliphatic rings. The Labute approximate surface area is 105 Å². The van der Waals surface area contributed by atoms with Crippen LogP contribution in [0.1, 0.15) is 10.5 Å². The number of nitrogens with zero attached hydrogens (tertiary/aromatic N) is 1. The van der Waals surface area contributed by atoms with Crippen molar-refractivity contribution in [2.24, 2.45) is 0 Å². The summed E-state index contributed by atoms with van der Waals surface area (Å²) in [5, 5.41) is 11.3. The Balaban J connectivity index is 2.43. The minimum atomic E-state index is -0.991. The van der Waals surface area contributed by atoms with Gasteiger partial charge in [0.1, 0.15) is 12.2 Å². The molecular weight excluding hydrogens is 236 g/mol. The maximum atomic E-state index is 11.7. The number of carbonyl (C=O) groups excluding carboxylic acids is 1. The molecule has 0 fully saturated rings. The number of carbonyl (C=O) groups is 2. The lowest BCUT2D eigenvalue weighted by molar-refractivity contribution is -0.137. The zero-order valence-corrected chi connectivity index (χ0v) is 9.96. The first-order valence-electron chi connectivity index (χ1n) is 5.49. The fraction of sp³-hybridized carbons (Fsp3) is 0.333. The van der Waals surface area contributed by atoms with Gasteiger partial charge in [0.05, 0.1) is 13.2 Å². The first-order valence-corrected chi connectivity index (χ1v) is 5.49. The van der Waals surface area contributed by atoms with Crippen LogP contribution >= 0.6 is 0 Å². The molecule has 0 bridgehead atoms. The van der Waals surface area contributed by atoms with E-state index in [1.165, 1.54) is 4.57 Å². The van der Waals surface area contributed by atoms with E-state index < -0.39 is 5.97 Å². The van der Waals surface area contributed by atoms with Crippen LogP contribution in [0.2, 0.25) is 0 Å². The molecule has 1 amide bonds. The first-order chi connectivity index (χ1) is 8.65. The van der Waals surface area contributed by atoms with E-state index in [2.05, 4.69) is 11.9 Å². The van der Waals surface area contributed by atoms with Gasteiger partial charge in [-0.05, 0) is 12.1 Å². The summed E-state index contributed by atoms with van der Waals surface area (Å²) in [6, 6.07) is 3.20. The molecule has 1 aromatic rings. The van der Waals surface area contributed by atoms with E-state index in [9.17, 15) is 9.59 Å². The monoisotopic (exact) mass is 252 g/mol. The predicted octanol–water partition coefficient (Wildman–Crippen LogP) is 0.505. The van der Waals surface area contributed by atoms with Crippen molar-refractivity contribution in [2.45, 2.75) is 6.54 Å². The Hall–Kier alpha value is -2.08. The Morgan fingerprint density at radius 1 is 1.56 bits per heavy atom. The molecule has 98 valence electrons. The van der Waals surface area contributed by atoms with Crippen molar-refractivity contribution in [3.05, 3.63) is 36.7 Å². The van der Waals surface area contributed by atoms with Crippen molar-refractivity contribution in [2.75, 3.05) is 19.8 Å². The Bertz CT molecular complexity index is 425. The molecule has 0 radical (unpaired) electrons. The lowest BCUT2D eigenvalue weighted by atomic mass is 10.4. The molecular formula is C12H16N2O4. The minimum absolute atomic E-state index is 0.233. The number of ether oxygens (including phenoxy) is 1. The number of nitrogens with one attached hydrogen (secondary N) is 1. The second-order valence-corrected chi connectivity index (χ2v) is 3.53. The highest BCUT2D eigenvalue weighted by molar-refractivity contribution is 5.93. The van der Waals surface area contributed by atoms with Crippen LogP contribution in [0.3, 0.4) is 0 Å². The highest BCUT2D eigenvalue weighted by Gasteiger charge is 2.11. The van der Waals surface area contributed by atoms with Crippen LogP contribution in [0.5, 0.6) is 0 Å². The van der Waals surface area contributed by atoms with Crippen molar-refractivity contribution >= 4 is 11.9 Å². The van der Waals surface area contributed by atoms with Gasteiger partial charge >= 0.3 is 5.97 Å². The summed E-state index contributed by atoms with van der Waals surface area (Å²) < 4.78 is 6.49. The molecule has 0 atom stereocenters. The standard InChI is InChI=1S/C12H16N2O4/c1-2-7-18-8-5-13-12(17)10-4-3-6-14(10)9-11(15)16/h2-4,6H,1,5,7-9H2,(H,13,17)(H,15,16). The van der Waals surface area contributed by atoms with Crippen LogP contribution < -0.4 is 5.32 Å². The van der Waals surface area contributed by atoms with Gasteiger partial charge in [-0.25, -0.2) is 0 Å². The van der Waals surface area contributed by atoms with Crippen LogP contribution in [0.15, 0.2) is 31.0 Å². The summed E-state index contributed by atoms with van der Waals surface area (Å²) in [6.45, 7) is 4.46. The summed E-state index contributed by atoms with van der Waals surface area (Å²) in [6.07, 6.45) is 3.18. The molecule has 1 heterocycles. The van der Waals surface area contributed by atoms with Crippen LogP contribution in [0, 0.1) is 0 Å². The van der Waals surface area contributed by atoms with Gasteiger partial charge in [-0.1, -0.05) is 6.08 Å². The van der Waals surface area contributed by atoms with Crippen LogP contribution in [0.4, 0.5) is 0 Å². The van der Waals surface area contributed by atoms with Crippen LogP contribution in [-0.4, -0.2) is 41.3 Å². The Morgan fingerprint density at radius 3 is 3.00 bits per heavy atom. The van der Waals surface area contributed by atoms with Crippen molar-refractivity contribution in [1.82, 2.24) is 9.88 Å². The summed E-state index contributed by atoms with van der Waals surface area (Å²) >= 11 is 0. The van der Waals surface area contributed by atoms with Gasteiger partial charge in [-0.15, -0.1) is 6.58 Å². The zero-order valence-electron chi connectivity index (χ0n) is 9.96. The second kappa shape index (κ2) is 7.29. The fourth-order valence-corrected chi connectivity index (χ4v) is 1.40. The lowest BCUT2D eigenvalue weighted by Crippen LogP contribution is -2.29. The molecule has 0 aromatic carbocycles. The Kier molecular flexibility index (Phi) is 5.66. The zero-order chi connectivity index (χ0) is 13.4. The number of rotatable bonds is 8. The largest absolute Gasteiger partial charge is 0.480 e. The molecule has 0 aliphatic heterocycles. The van der Waals surface area contributed by atoms with Crippen molar-refractivity contribution in [3.63, 3.8) is 0 Å².